The van der Waals surface area contributed by atoms with Crippen LogP contribution in [0.2, 0.25) is 0 Å². The highest BCUT2D eigenvalue weighted by atomic mass is 19.2. The molecule has 0 heterocycles. The van der Waals surface area contributed by atoms with Crippen molar-refractivity contribution in [3.05, 3.63) is 6.17 Å². The van der Waals surface area contributed by atoms with Crippen molar-refractivity contribution < 1.29 is 8.78 Å². The molecule has 1 atom stereocenters. The molecule has 0 aliphatic heterocycles. The van der Waals surface area contributed by atoms with E-state index in [0.29, 0.717) is 12.8 Å². The van der Waals surface area contributed by atoms with Gasteiger partial charge in [0, 0.05) is 0 Å². The van der Waals surface area contributed by atoms with Crippen LogP contribution in [0.3, 0.4) is 0 Å². The second-order valence-corrected chi connectivity index (χ2v) is 2.10. The summed E-state index contributed by atoms with van der Waals surface area (Å²) in [5.41, 5.74) is -1.57. The molecule has 1 rings (SSSR count). The zero-order valence-electron chi connectivity index (χ0n) is 4.17. The van der Waals surface area contributed by atoms with E-state index in [0.717, 1.165) is 0 Å². The topological polar surface area (TPSA) is 0 Å². The molecule has 0 aromatic carbocycles. The molecule has 0 amide bonds. The molecule has 0 bridgehead atoms. The number of hydrogen-bond donors (Lipinski definition) is 0. The van der Waals surface area contributed by atoms with Crippen LogP contribution in [0.1, 0.15) is 19.8 Å². The molecule has 0 saturated heterocycles. The van der Waals surface area contributed by atoms with Crippen molar-refractivity contribution in [3.63, 3.8) is 0 Å². The smallest absolute Gasteiger partial charge is 0.181 e. The number of hydrogen-bond acceptors (Lipinski definition) is 0. The van der Waals surface area contributed by atoms with Crippen molar-refractivity contribution in [2.24, 2.45) is 0 Å². The van der Waals surface area contributed by atoms with Crippen LogP contribution in [0, 0.1) is 6.17 Å². The Morgan fingerprint density at radius 2 is 2.14 bits per heavy atom. The van der Waals surface area contributed by atoms with E-state index in [4.69, 9.17) is 0 Å². The summed E-state index contributed by atoms with van der Waals surface area (Å²) >= 11 is 0. The molecule has 0 nitrogen and oxygen atoms in total. The predicted molar refractivity (Wildman–Crippen MR) is 23.1 cm³/mol. The third-order valence-electron chi connectivity index (χ3n) is 1.38. The standard InChI is InChI=1S/C5H7F2/c1-5(7)3-2-4(5)6/h2-3H2,1H3. The fraction of sp³-hybridized carbons (Fsp3) is 0.800. The quantitative estimate of drug-likeness (QED) is 0.442. The first-order valence-corrected chi connectivity index (χ1v) is 2.34. The third kappa shape index (κ3) is 0.621. The minimum atomic E-state index is -1.57. The molecule has 0 aromatic heterocycles. The SMILES string of the molecule is CC1(F)CC[C]1F. The van der Waals surface area contributed by atoms with Gasteiger partial charge in [0.1, 0.15) is 5.67 Å². The van der Waals surface area contributed by atoms with Gasteiger partial charge in [-0.1, -0.05) is 0 Å². The van der Waals surface area contributed by atoms with Gasteiger partial charge in [-0.2, -0.15) is 0 Å². The van der Waals surface area contributed by atoms with Gasteiger partial charge in [0.25, 0.3) is 0 Å². The summed E-state index contributed by atoms with van der Waals surface area (Å²) in [7, 11) is 0. The summed E-state index contributed by atoms with van der Waals surface area (Å²) in [6, 6.07) is 0. The lowest BCUT2D eigenvalue weighted by Gasteiger charge is -2.32. The third-order valence-corrected chi connectivity index (χ3v) is 1.38. The van der Waals surface area contributed by atoms with Gasteiger partial charge >= 0.3 is 0 Å². The normalized spacial score (nSPS) is 43.3. The van der Waals surface area contributed by atoms with Gasteiger partial charge in [-0.05, 0) is 19.8 Å². The van der Waals surface area contributed by atoms with Gasteiger partial charge in [0.2, 0.25) is 0 Å². The molecule has 1 saturated carbocycles. The molecule has 0 aromatic rings. The first-order valence-electron chi connectivity index (χ1n) is 2.34. The maximum absolute atomic E-state index is 12.2. The van der Waals surface area contributed by atoms with Gasteiger partial charge in [-0.25, -0.2) is 8.78 Å². The number of halogens is 2. The first-order chi connectivity index (χ1) is 3.13. The average molecular weight is 105 g/mol. The fourth-order valence-electron chi connectivity index (χ4n) is 0.564. The molecule has 1 aliphatic rings. The molecular formula is C5H7F2. The number of rotatable bonds is 0. The molecule has 7 heavy (non-hydrogen) atoms. The van der Waals surface area contributed by atoms with Crippen LogP contribution in [0.4, 0.5) is 8.78 Å². The van der Waals surface area contributed by atoms with Crippen LogP contribution >= 0.6 is 0 Å². The minimum absolute atomic E-state index is 0.326. The second-order valence-electron chi connectivity index (χ2n) is 2.10. The molecule has 0 N–H and O–H groups in total. The molecule has 1 aliphatic carbocycles. The Kier molecular flexibility index (Phi) is 0.839. The van der Waals surface area contributed by atoms with Gasteiger partial charge < -0.3 is 0 Å². The molecule has 2 heteroatoms. The highest BCUT2D eigenvalue weighted by Gasteiger charge is 2.44. The zero-order chi connectivity index (χ0) is 5.49. The Bertz CT molecular complexity index is 78.1. The molecule has 1 radical (unpaired) electrons. The molecule has 0 spiro atoms. The Morgan fingerprint density at radius 1 is 1.71 bits per heavy atom. The molecule has 41 valence electrons. The van der Waals surface area contributed by atoms with Gasteiger partial charge in [0.05, 0.1) is 0 Å². The van der Waals surface area contributed by atoms with E-state index in [1.54, 1.807) is 0 Å². The lowest BCUT2D eigenvalue weighted by molar-refractivity contribution is 0.0571. The van der Waals surface area contributed by atoms with Crippen molar-refractivity contribution in [1.82, 2.24) is 0 Å². The van der Waals surface area contributed by atoms with E-state index in [1.165, 1.54) is 6.92 Å². The van der Waals surface area contributed by atoms with Gasteiger partial charge in [-0.3, -0.25) is 0 Å². The predicted octanol–water partition coefficient (Wildman–Crippen LogP) is 2.01. The monoisotopic (exact) mass is 105 g/mol. The summed E-state index contributed by atoms with van der Waals surface area (Å²) in [4.78, 5) is 0. The largest absolute Gasteiger partial charge is 0.241 e. The summed E-state index contributed by atoms with van der Waals surface area (Å²) in [5, 5.41) is 0. The highest BCUT2D eigenvalue weighted by Crippen LogP contribution is 2.44. The Morgan fingerprint density at radius 3 is 2.14 bits per heavy atom. The van der Waals surface area contributed by atoms with E-state index in [1.807, 2.05) is 0 Å². The van der Waals surface area contributed by atoms with Crippen molar-refractivity contribution in [2.75, 3.05) is 0 Å². The van der Waals surface area contributed by atoms with Crippen LogP contribution in [0.25, 0.3) is 0 Å². The van der Waals surface area contributed by atoms with Gasteiger partial charge in [0.15, 0.2) is 6.17 Å². The Hall–Kier alpha value is -0.140. The Balaban J connectivity index is 2.43. The van der Waals surface area contributed by atoms with Crippen LogP contribution < -0.4 is 0 Å². The van der Waals surface area contributed by atoms with Gasteiger partial charge in [-0.15, -0.1) is 0 Å². The van der Waals surface area contributed by atoms with E-state index >= 15 is 0 Å². The van der Waals surface area contributed by atoms with Crippen molar-refractivity contribution in [1.29, 1.82) is 0 Å². The molecule has 1 unspecified atom stereocenters. The zero-order valence-corrected chi connectivity index (χ0v) is 4.17. The maximum Gasteiger partial charge on any atom is 0.181 e. The molecule has 1 fully saturated rings. The van der Waals surface area contributed by atoms with Crippen LogP contribution in [-0.2, 0) is 0 Å². The highest BCUT2D eigenvalue weighted by molar-refractivity contribution is 5.07. The van der Waals surface area contributed by atoms with Crippen molar-refractivity contribution in [3.8, 4) is 0 Å². The maximum atomic E-state index is 12.2. The van der Waals surface area contributed by atoms with Crippen LogP contribution in [0.15, 0.2) is 0 Å². The summed E-state index contributed by atoms with van der Waals surface area (Å²) in [5.74, 6) is 0. The van der Waals surface area contributed by atoms with Crippen LogP contribution in [0.5, 0.6) is 0 Å². The Labute approximate surface area is 41.5 Å². The van der Waals surface area contributed by atoms with E-state index in [2.05, 4.69) is 0 Å². The second kappa shape index (κ2) is 1.17. The van der Waals surface area contributed by atoms with E-state index < -0.39 is 11.8 Å². The number of alkyl halides is 1. The van der Waals surface area contributed by atoms with Crippen LogP contribution in [-0.4, -0.2) is 5.67 Å². The summed E-state index contributed by atoms with van der Waals surface area (Å²) in [6.07, 6.45) is 0.193. The van der Waals surface area contributed by atoms with Crippen molar-refractivity contribution >= 4 is 0 Å². The van der Waals surface area contributed by atoms with E-state index in [-0.39, 0.29) is 0 Å². The minimum Gasteiger partial charge on any atom is -0.241 e. The summed E-state index contributed by atoms with van der Waals surface area (Å²) in [6.45, 7) is 1.27. The first kappa shape index (κ1) is 5.01. The summed E-state index contributed by atoms with van der Waals surface area (Å²) < 4.78 is 24.0. The lowest BCUT2D eigenvalue weighted by Crippen LogP contribution is -2.34. The molecular weight excluding hydrogens is 98.1 g/mol. The fourth-order valence-corrected chi connectivity index (χ4v) is 0.564. The van der Waals surface area contributed by atoms with E-state index in [9.17, 15) is 8.78 Å². The van der Waals surface area contributed by atoms with Crippen molar-refractivity contribution in [2.45, 2.75) is 25.4 Å². The lowest BCUT2D eigenvalue weighted by atomic mass is 9.82. The average Bonchev–Trinajstić information content (AvgIpc) is 1.63.